The van der Waals surface area contributed by atoms with Crippen LogP contribution in [0, 0.1) is 17.0 Å². The maximum atomic E-state index is 11.0. The van der Waals surface area contributed by atoms with Crippen LogP contribution in [0.25, 0.3) is 0 Å². The fourth-order valence-corrected chi connectivity index (χ4v) is 2.20. The molecule has 0 aliphatic rings. The molecule has 0 aliphatic heterocycles. The molecule has 0 unspecified atom stereocenters. The second-order valence-electron chi connectivity index (χ2n) is 4.45. The number of nitro groups is 1. The highest BCUT2D eigenvalue weighted by molar-refractivity contribution is 7.80. The number of aryl methyl sites for hydroxylation is 1. The lowest BCUT2D eigenvalue weighted by Gasteiger charge is -2.12. The Morgan fingerprint density at radius 3 is 2.73 bits per heavy atom. The van der Waals surface area contributed by atoms with Gasteiger partial charge in [0, 0.05) is 12.1 Å². The van der Waals surface area contributed by atoms with Crippen LogP contribution in [0.3, 0.4) is 0 Å². The molecule has 0 heterocycles. The highest BCUT2D eigenvalue weighted by Gasteiger charge is 2.13. The topological polar surface area (TPSA) is 90.4 Å². The fourth-order valence-electron chi connectivity index (χ4n) is 1.83. The standard InChI is InChI=1S/C14H12ClN3O3S/c1-8-3-2-4-12(15)13(8)21-11-6-9(17-14(16)22)5-10(7-11)18(19)20/h2-7H,1H3,(H3,16,17,22). The van der Waals surface area contributed by atoms with Crippen molar-refractivity contribution < 1.29 is 9.66 Å². The normalized spacial score (nSPS) is 10.1. The number of nitrogens with zero attached hydrogens (tertiary/aromatic N) is 1. The van der Waals surface area contributed by atoms with E-state index in [0.717, 1.165) is 5.56 Å². The first kappa shape index (κ1) is 16.0. The molecule has 0 saturated carbocycles. The second kappa shape index (κ2) is 6.59. The Balaban J connectivity index is 2.43. The summed E-state index contributed by atoms with van der Waals surface area (Å²) < 4.78 is 5.69. The van der Waals surface area contributed by atoms with Gasteiger partial charge >= 0.3 is 0 Å². The molecule has 0 aromatic heterocycles. The van der Waals surface area contributed by atoms with Gasteiger partial charge in [0.25, 0.3) is 5.69 Å². The van der Waals surface area contributed by atoms with Crippen LogP contribution >= 0.6 is 23.8 Å². The Kier molecular flexibility index (Phi) is 4.79. The molecule has 114 valence electrons. The first-order chi connectivity index (χ1) is 10.4. The lowest BCUT2D eigenvalue weighted by molar-refractivity contribution is -0.384. The zero-order valence-corrected chi connectivity index (χ0v) is 13.1. The van der Waals surface area contributed by atoms with Crippen molar-refractivity contribution in [3.63, 3.8) is 0 Å². The van der Waals surface area contributed by atoms with Crippen LogP contribution in [0.4, 0.5) is 11.4 Å². The molecule has 0 aliphatic carbocycles. The maximum Gasteiger partial charge on any atom is 0.275 e. The third kappa shape index (κ3) is 3.84. The van der Waals surface area contributed by atoms with Crippen LogP contribution in [0.15, 0.2) is 36.4 Å². The fraction of sp³-hybridized carbons (Fsp3) is 0.0714. The molecule has 0 saturated heterocycles. The monoisotopic (exact) mass is 337 g/mol. The first-order valence-corrected chi connectivity index (χ1v) is 6.94. The van der Waals surface area contributed by atoms with E-state index in [0.29, 0.717) is 16.5 Å². The summed E-state index contributed by atoms with van der Waals surface area (Å²) in [5, 5.41) is 14.1. The van der Waals surface area contributed by atoms with E-state index in [9.17, 15) is 10.1 Å². The minimum absolute atomic E-state index is 0.000344. The van der Waals surface area contributed by atoms with Crippen molar-refractivity contribution in [3.05, 3.63) is 57.1 Å². The number of non-ortho nitro benzene ring substituents is 1. The number of benzene rings is 2. The number of hydrogen-bond acceptors (Lipinski definition) is 4. The first-order valence-electron chi connectivity index (χ1n) is 6.15. The number of thiocarbonyl (C=S) groups is 1. The van der Waals surface area contributed by atoms with Crippen molar-refractivity contribution in [1.82, 2.24) is 0 Å². The van der Waals surface area contributed by atoms with Gasteiger partial charge in [-0.3, -0.25) is 10.1 Å². The smallest absolute Gasteiger partial charge is 0.275 e. The number of halogens is 1. The van der Waals surface area contributed by atoms with Crippen molar-refractivity contribution >= 4 is 40.3 Å². The molecule has 2 aromatic rings. The Morgan fingerprint density at radius 2 is 2.14 bits per heavy atom. The molecule has 2 aromatic carbocycles. The van der Waals surface area contributed by atoms with E-state index in [1.165, 1.54) is 12.1 Å². The van der Waals surface area contributed by atoms with Crippen molar-refractivity contribution in [2.24, 2.45) is 5.73 Å². The van der Waals surface area contributed by atoms with E-state index in [2.05, 4.69) is 5.32 Å². The molecular formula is C14H12ClN3O3S. The average molecular weight is 338 g/mol. The molecule has 22 heavy (non-hydrogen) atoms. The summed E-state index contributed by atoms with van der Waals surface area (Å²) in [7, 11) is 0. The zero-order chi connectivity index (χ0) is 16.3. The SMILES string of the molecule is Cc1cccc(Cl)c1Oc1cc(NC(N)=S)cc([N+](=O)[O-])c1. The number of nitrogens with one attached hydrogen (secondary N) is 1. The van der Waals surface area contributed by atoms with Gasteiger partial charge in [0.2, 0.25) is 0 Å². The van der Waals surface area contributed by atoms with Crippen LogP contribution in [-0.2, 0) is 0 Å². The molecule has 6 nitrogen and oxygen atoms in total. The lowest BCUT2D eigenvalue weighted by atomic mass is 10.2. The minimum Gasteiger partial charge on any atom is -0.455 e. The van der Waals surface area contributed by atoms with Gasteiger partial charge in [-0.1, -0.05) is 23.7 Å². The number of ether oxygens (including phenoxy) is 1. The van der Waals surface area contributed by atoms with Gasteiger partial charge < -0.3 is 15.8 Å². The van der Waals surface area contributed by atoms with Gasteiger partial charge in [-0.15, -0.1) is 0 Å². The van der Waals surface area contributed by atoms with Gasteiger partial charge in [0.1, 0.15) is 11.5 Å². The van der Waals surface area contributed by atoms with Gasteiger partial charge in [-0.2, -0.15) is 0 Å². The van der Waals surface area contributed by atoms with Crippen LogP contribution < -0.4 is 15.8 Å². The van der Waals surface area contributed by atoms with Crippen LogP contribution in [-0.4, -0.2) is 10.0 Å². The van der Waals surface area contributed by atoms with Crippen molar-refractivity contribution in [2.75, 3.05) is 5.32 Å². The summed E-state index contributed by atoms with van der Waals surface area (Å²) in [6.07, 6.45) is 0. The van der Waals surface area contributed by atoms with Crippen molar-refractivity contribution in [2.45, 2.75) is 6.92 Å². The Morgan fingerprint density at radius 1 is 1.41 bits per heavy atom. The zero-order valence-electron chi connectivity index (χ0n) is 11.5. The predicted octanol–water partition coefficient (Wildman–Crippen LogP) is 4.00. The number of hydrogen-bond donors (Lipinski definition) is 2. The molecule has 2 rings (SSSR count). The molecule has 0 spiro atoms. The highest BCUT2D eigenvalue weighted by atomic mass is 35.5. The highest BCUT2D eigenvalue weighted by Crippen LogP contribution is 2.35. The van der Waals surface area contributed by atoms with E-state index in [1.807, 2.05) is 13.0 Å². The molecule has 0 bridgehead atoms. The van der Waals surface area contributed by atoms with E-state index < -0.39 is 4.92 Å². The minimum atomic E-state index is -0.531. The lowest BCUT2D eigenvalue weighted by Crippen LogP contribution is -2.18. The largest absolute Gasteiger partial charge is 0.455 e. The Hall–Kier alpha value is -2.38. The van der Waals surface area contributed by atoms with E-state index in [1.54, 1.807) is 18.2 Å². The summed E-state index contributed by atoms with van der Waals surface area (Å²) in [5.74, 6) is 0.690. The van der Waals surface area contributed by atoms with Crippen LogP contribution in [0.1, 0.15) is 5.56 Å². The number of rotatable bonds is 4. The number of nitrogens with two attached hydrogens (primary N) is 1. The number of anilines is 1. The third-order valence-electron chi connectivity index (χ3n) is 2.75. The Labute approximate surface area is 137 Å². The maximum absolute atomic E-state index is 11.0. The third-order valence-corrected chi connectivity index (χ3v) is 3.15. The second-order valence-corrected chi connectivity index (χ2v) is 5.30. The number of nitro benzene ring substituents is 1. The molecule has 0 atom stereocenters. The van der Waals surface area contributed by atoms with Gasteiger partial charge in [-0.05, 0) is 30.8 Å². The van der Waals surface area contributed by atoms with E-state index in [-0.39, 0.29) is 16.5 Å². The molecule has 0 radical (unpaired) electrons. The molecule has 0 fully saturated rings. The predicted molar refractivity (Wildman–Crippen MR) is 89.8 cm³/mol. The molecule has 0 amide bonds. The Bertz CT molecular complexity index is 732. The molecule has 8 heteroatoms. The molecular weight excluding hydrogens is 326 g/mol. The molecule has 3 N–H and O–H groups in total. The summed E-state index contributed by atoms with van der Waals surface area (Å²) in [5.41, 5.74) is 6.41. The average Bonchev–Trinajstić information content (AvgIpc) is 2.42. The quantitative estimate of drug-likeness (QED) is 0.497. The van der Waals surface area contributed by atoms with Gasteiger partial charge in [-0.25, -0.2) is 0 Å². The van der Waals surface area contributed by atoms with Crippen LogP contribution in [0.5, 0.6) is 11.5 Å². The van der Waals surface area contributed by atoms with Crippen LogP contribution in [0.2, 0.25) is 5.02 Å². The van der Waals surface area contributed by atoms with Gasteiger partial charge in [0.15, 0.2) is 5.11 Å². The summed E-state index contributed by atoms with van der Waals surface area (Å²) in [4.78, 5) is 10.5. The van der Waals surface area contributed by atoms with Gasteiger partial charge in [0.05, 0.1) is 21.7 Å². The number of para-hydroxylation sites is 1. The summed E-state index contributed by atoms with van der Waals surface area (Å²) in [6, 6.07) is 9.45. The van der Waals surface area contributed by atoms with E-state index >= 15 is 0 Å². The van der Waals surface area contributed by atoms with E-state index in [4.69, 9.17) is 34.3 Å². The van der Waals surface area contributed by atoms with Crippen molar-refractivity contribution in [1.29, 1.82) is 0 Å². The summed E-state index contributed by atoms with van der Waals surface area (Å²) >= 11 is 10.8. The van der Waals surface area contributed by atoms with Crippen molar-refractivity contribution in [3.8, 4) is 11.5 Å². The summed E-state index contributed by atoms with van der Waals surface area (Å²) in [6.45, 7) is 1.83.